The molecule has 0 spiro atoms. The molecular weight excluding hydrogens is 497 g/mol. The fourth-order valence-electron chi connectivity index (χ4n) is 7.46. The Bertz CT molecular complexity index is 1100. The van der Waals surface area contributed by atoms with Crippen molar-refractivity contribution in [2.75, 3.05) is 13.7 Å². The van der Waals surface area contributed by atoms with Crippen LogP contribution in [0, 0.1) is 17.8 Å². The summed E-state index contributed by atoms with van der Waals surface area (Å²) in [7, 11) is 0.679. The van der Waals surface area contributed by atoms with Gasteiger partial charge in [-0.1, -0.05) is 38.2 Å². The molecule has 2 aliphatic heterocycles. The van der Waals surface area contributed by atoms with Gasteiger partial charge in [0, 0.05) is 13.2 Å². The van der Waals surface area contributed by atoms with Gasteiger partial charge in [-0.15, -0.1) is 0 Å². The van der Waals surface area contributed by atoms with Crippen molar-refractivity contribution in [2.45, 2.75) is 96.2 Å². The fourth-order valence-corrected chi connectivity index (χ4v) is 7.46. The van der Waals surface area contributed by atoms with Crippen LogP contribution in [0.15, 0.2) is 33.3 Å². The number of hydrogen-bond acceptors (Lipinski definition) is 7. The molecule has 39 heavy (non-hydrogen) atoms. The first-order valence-corrected chi connectivity index (χ1v) is 14.7. The van der Waals surface area contributed by atoms with Crippen molar-refractivity contribution in [2.24, 2.45) is 17.8 Å². The molecule has 3 fully saturated rings. The topological polar surface area (TPSA) is 109 Å². The molecule has 2 saturated heterocycles. The summed E-state index contributed by atoms with van der Waals surface area (Å²) in [6.45, 7) is 2.39. The quantitative estimate of drug-likeness (QED) is 0.256. The van der Waals surface area contributed by atoms with Crippen LogP contribution in [0.5, 0.6) is 0 Å². The second-order valence-electron chi connectivity index (χ2n) is 11.6. The molecule has 212 valence electrons. The van der Waals surface area contributed by atoms with Crippen molar-refractivity contribution in [3.8, 4) is 0 Å². The van der Waals surface area contributed by atoms with Crippen molar-refractivity contribution >= 4 is 25.0 Å². The van der Waals surface area contributed by atoms with Crippen molar-refractivity contribution in [3.05, 3.63) is 40.4 Å². The summed E-state index contributed by atoms with van der Waals surface area (Å²) < 4.78 is 17.4. The number of carbonyl (C=O) groups is 2. The van der Waals surface area contributed by atoms with Crippen LogP contribution in [-0.2, 0) is 25.6 Å². The van der Waals surface area contributed by atoms with E-state index in [0.29, 0.717) is 37.3 Å². The molecule has 2 N–H and O–H groups in total. The number of likely N-dealkylation sites (tertiary alicyclic amines) is 1. The van der Waals surface area contributed by atoms with Crippen LogP contribution in [0.4, 0.5) is 0 Å². The molecule has 9 heteroatoms. The number of methoxy groups -OCH3 is 1. The average Bonchev–Trinajstić information content (AvgIpc) is 3.49. The first-order chi connectivity index (χ1) is 18.9. The van der Waals surface area contributed by atoms with E-state index in [0.717, 1.165) is 62.5 Å². The Morgan fingerprint density at radius 2 is 1.95 bits per heavy atom. The van der Waals surface area contributed by atoms with Gasteiger partial charge in [0.2, 0.25) is 11.8 Å². The molecule has 0 aromatic carbocycles. The van der Waals surface area contributed by atoms with Crippen molar-refractivity contribution in [1.29, 1.82) is 0 Å². The highest BCUT2D eigenvalue weighted by Crippen LogP contribution is 2.51. The Morgan fingerprint density at radius 3 is 2.64 bits per heavy atom. The number of aliphatic hydroxyl groups is 1. The van der Waals surface area contributed by atoms with Crippen molar-refractivity contribution < 1.29 is 33.5 Å². The first-order valence-electron chi connectivity index (χ1n) is 14.7. The number of rotatable bonds is 10. The lowest BCUT2D eigenvalue weighted by Crippen LogP contribution is -2.47. The molecule has 0 bridgehead atoms. The Balaban J connectivity index is 1.40. The zero-order valence-electron chi connectivity index (χ0n) is 23.3. The maximum absolute atomic E-state index is 13.9. The van der Waals surface area contributed by atoms with E-state index < -0.39 is 13.0 Å². The van der Waals surface area contributed by atoms with Gasteiger partial charge in [-0.2, -0.15) is 0 Å². The number of nitrogens with zero attached hydrogens (tertiary/aromatic N) is 1. The van der Waals surface area contributed by atoms with E-state index in [2.05, 4.69) is 6.92 Å². The van der Waals surface area contributed by atoms with Crippen LogP contribution in [-0.4, -0.2) is 59.8 Å². The smallest absolute Gasteiger partial charge is 0.455 e. The van der Waals surface area contributed by atoms with Crippen LogP contribution < -0.4 is 0 Å². The predicted molar refractivity (Wildman–Crippen MR) is 147 cm³/mol. The lowest BCUT2D eigenvalue weighted by molar-refractivity contribution is -0.143. The zero-order valence-corrected chi connectivity index (χ0v) is 23.3. The highest BCUT2D eigenvalue weighted by molar-refractivity contribution is 6.43. The Kier molecular flexibility index (Phi) is 9.11. The summed E-state index contributed by atoms with van der Waals surface area (Å²) in [6.07, 6.45) is 10.9. The molecule has 1 saturated carbocycles. The van der Waals surface area contributed by atoms with Gasteiger partial charge < -0.3 is 23.9 Å². The third-order valence-corrected chi connectivity index (χ3v) is 9.08. The molecule has 1 aromatic heterocycles. The number of allylic oxidation sites excluding steroid dienone is 1. The lowest BCUT2D eigenvalue weighted by atomic mass is 9.58. The van der Waals surface area contributed by atoms with Gasteiger partial charge in [0.25, 0.3) is 0 Å². The van der Waals surface area contributed by atoms with Gasteiger partial charge in [-0.25, -0.2) is 0 Å². The molecule has 0 unspecified atom stereocenters. The van der Waals surface area contributed by atoms with E-state index in [-0.39, 0.29) is 42.4 Å². The number of amides is 2. The molecule has 8 nitrogen and oxygen atoms in total. The van der Waals surface area contributed by atoms with Crippen molar-refractivity contribution in [3.63, 3.8) is 0 Å². The SMILES string of the molecule is CCC/C(=C\c1ccc(CO)o1)CC[C@H]1OB(O)C[C@H]2C1=C(COC)C[C@H]1C(=O)N(C3CCCCC3)C(=O)[C@H]12. The summed E-state index contributed by atoms with van der Waals surface area (Å²) >= 11 is 0. The normalized spacial score (nSPS) is 28.4. The van der Waals surface area contributed by atoms with Gasteiger partial charge in [0.05, 0.1) is 24.5 Å². The second-order valence-corrected chi connectivity index (χ2v) is 11.6. The Labute approximate surface area is 231 Å². The third-order valence-electron chi connectivity index (χ3n) is 9.08. The standard InChI is InChI=1S/C30H42BNO7/c1-3-7-19(14-22-11-12-23(17-33)38-22)10-13-26-27-20(18-37-2)15-24-28(25(27)16-31(36)39-26)30(35)32(29(24)34)21-8-5-4-6-9-21/h11-12,14,21,24-26,28,33,36H,3-10,13,15-18H2,1-2H3/b19-14+/t24-,25+,26-,28-/m1/s1. The van der Waals surface area contributed by atoms with E-state index in [1.54, 1.807) is 18.1 Å². The van der Waals surface area contributed by atoms with Crippen LogP contribution in [0.2, 0.25) is 6.32 Å². The summed E-state index contributed by atoms with van der Waals surface area (Å²) in [5, 5.41) is 20.2. The number of hydrogen-bond donors (Lipinski definition) is 2. The molecule has 4 atom stereocenters. The minimum absolute atomic E-state index is 0.00826. The maximum atomic E-state index is 13.9. The molecule has 1 aromatic rings. The van der Waals surface area contributed by atoms with Gasteiger partial charge >= 0.3 is 7.12 Å². The molecular formula is C30H42BNO7. The highest BCUT2D eigenvalue weighted by Gasteiger charge is 2.58. The van der Waals surface area contributed by atoms with Crippen LogP contribution in [0.25, 0.3) is 6.08 Å². The lowest BCUT2D eigenvalue weighted by Gasteiger charge is -2.43. The number of furan rings is 1. The molecule has 5 rings (SSSR count). The van der Waals surface area contributed by atoms with Gasteiger partial charge in [-0.05, 0) is 80.1 Å². The number of aliphatic hydroxyl groups excluding tert-OH is 1. The first kappa shape index (κ1) is 28.3. The molecule has 3 heterocycles. The average molecular weight is 539 g/mol. The fraction of sp³-hybridized carbons (Fsp3) is 0.667. The van der Waals surface area contributed by atoms with Gasteiger partial charge in [0.15, 0.2) is 0 Å². The van der Waals surface area contributed by atoms with E-state index >= 15 is 0 Å². The summed E-state index contributed by atoms with van der Waals surface area (Å²) in [4.78, 5) is 29.1. The Hall–Kier alpha value is -2.20. The summed E-state index contributed by atoms with van der Waals surface area (Å²) in [5.41, 5.74) is 3.31. The van der Waals surface area contributed by atoms with Gasteiger partial charge in [0.1, 0.15) is 18.1 Å². The Morgan fingerprint density at radius 1 is 1.15 bits per heavy atom. The minimum Gasteiger partial charge on any atom is -0.459 e. The number of carbonyl (C=O) groups excluding carboxylic acids is 2. The monoisotopic (exact) mass is 539 g/mol. The number of ether oxygens (including phenoxy) is 1. The molecule has 4 aliphatic rings. The summed E-state index contributed by atoms with van der Waals surface area (Å²) in [6, 6.07) is 3.64. The largest absolute Gasteiger partial charge is 0.459 e. The third kappa shape index (κ3) is 5.83. The van der Waals surface area contributed by atoms with E-state index in [1.807, 2.05) is 12.1 Å². The van der Waals surface area contributed by atoms with E-state index in [1.165, 1.54) is 5.57 Å². The van der Waals surface area contributed by atoms with Crippen LogP contribution >= 0.6 is 0 Å². The van der Waals surface area contributed by atoms with Crippen LogP contribution in [0.1, 0.15) is 82.7 Å². The maximum Gasteiger partial charge on any atom is 0.455 e. The molecule has 2 aliphatic carbocycles. The van der Waals surface area contributed by atoms with Gasteiger partial charge in [-0.3, -0.25) is 14.5 Å². The highest BCUT2D eigenvalue weighted by atomic mass is 16.5. The minimum atomic E-state index is -0.978. The number of fused-ring (bicyclic) bond motifs is 3. The predicted octanol–water partition coefficient (Wildman–Crippen LogP) is 4.51. The molecule has 0 radical (unpaired) electrons. The number of imide groups is 1. The van der Waals surface area contributed by atoms with E-state index in [9.17, 15) is 19.7 Å². The van der Waals surface area contributed by atoms with Crippen molar-refractivity contribution in [1.82, 2.24) is 4.90 Å². The zero-order chi connectivity index (χ0) is 27.5. The summed E-state index contributed by atoms with van der Waals surface area (Å²) in [5.74, 6) is 0.138. The molecule has 2 amide bonds. The second kappa shape index (κ2) is 12.5. The van der Waals surface area contributed by atoms with Crippen LogP contribution in [0.3, 0.4) is 0 Å². The van der Waals surface area contributed by atoms with E-state index in [4.69, 9.17) is 13.8 Å².